The molecule has 0 aliphatic heterocycles. The van der Waals surface area contributed by atoms with Crippen LogP contribution in [0.3, 0.4) is 0 Å². The summed E-state index contributed by atoms with van der Waals surface area (Å²) in [6.45, 7) is 1.56. The molecular weight excluding hydrogens is 348 g/mol. The number of nitro groups is 1. The molecule has 2 amide bonds. The standard InChI is InChI=1S/C16H15ClN4O4/c1-9-11(17)3-2-4-12(9)20-15(22)8-19-13-6-5-10(16(18)23)7-14(13)21(24)25/h2-7,19H,8H2,1H3,(H2,18,23)(H,20,22). The number of carbonyl (C=O) groups is 2. The quantitative estimate of drug-likeness (QED) is 0.537. The van der Waals surface area contributed by atoms with E-state index in [2.05, 4.69) is 10.6 Å². The van der Waals surface area contributed by atoms with Gasteiger partial charge >= 0.3 is 0 Å². The summed E-state index contributed by atoms with van der Waals surface area (Å²) in [5.74, 6) is -1.18. The summed E-state index contributed by atoms with van der Waals surface area (Å²) in [6.07, 6.45) is 0. The van der Waals surface area contributed by atoms with Gasteiger partial charge in [-0.05, 0) is 36.8 Å². The van der Waals surface area contributed by atoms with E-state index < -0.39 is 16.7 Å². The van der Waals surface area contributed by atoms with Crippen molar-refractivity contribution in [3.63, 3.8) is 0 Å². The number of benzene rings is 2. The van der Waals surface area contributed by atoms with E-state index in [4.69, 9.17) is 17.3 Å². The largest absolute Gasteiger partial charge is 0.371 e. The number of nitro benzene ring substituents is 1. The lowest BCUT2D eigenvalue weighted by Crippen LogP contribution is -2.22. The zero-order valence-electron chi connectivity index (χ0n) is 13.2. The van der Waals surface area contributed by atoms with E-state index in [1.54, 1.807) is 25.1 Å². The second-order valence-electron chi connectivity index (χ2n) is 5.17. The van der Waals surface area contributed by atoms with Gasteiger partial charge in [-0.2, -0.15) is 0 Å². The molecule has 0 aliphatic rings. The van der Waals surface area contributed by atoms with Crippen molar-refractivity contribution in [1.82, 2.24) is 0 Å². The van der Waals surface area contributed by atoms with Crippen molar-refractivity contribution in [1.29, 1.82) is 0 Å². The molecule has 0 bridgehead atoms. The number of amides is 2. The van der Waals surface area contributed by atoms with E-state index >= 15 is 0 Å². The third kappa shape index (κ3) is 4.45. The zero-order chi connectivity index (χ0) is 18.6. The van der Waals surface area contributed by atoms with Gasteiger partial charge < -0.3 is 16.4 Å². The van der Waals surface area contributed by atoms with Gasteiger partial charge in [0.1, 0.15) is 5.69 Å². The molecule has 130 valence electrons. The molecule has 2 rings (SSSR count). The number of anilines is 2. The average molecular weight is 363 g/mol. The maximum Gasteiger partial charge on any atom is 0.293 e. The minimum absolute atomic E-state index is 0.0104. The predicted octanol–water partition coefficient (Wildman–Crippen LogP) is 2.71. The Morgan fingerprint density at radius 3 is 2.60 bits per heavy atom. The van der Waals surface area contributed by atoms with E-state index in [9.17, 15) is 19.7 Å². The van der Waals surface area contributed by atoms with Crippen LogP contribution < -0.4 is 16.4 Å². The number of halogens is 1. The fraction of sp³-hybridized carbons (Fsp3) is 0.125. The topological polar surface area (TPSA) is 127 Å². The normalized spacial score (nSPS) is 10.2. The van der Waals surface area contributed by atoms with Crippen LogP contribution in [0.4, 0.5) is 17.1 Å². The van der Waals surface area contributed by atoms with Crippen molar-refractivity contribution >= 4 is 40.5 Å². The Morgan fingerprint density at radius 1 is 1.24 bits per heavy atom. The second-order valence-corrected chi connectivity index (χ2v) is 5.57. The second kappa shape index (κ2) is 7.63. The first-order valence-electron chi connectivity index (χ1n) is 7.16. The van der Waals surface area contributed by atoms with Crippen LogP contribution in [0.15, 0.2) is 36.4 Å². The van der Waals surface area contributed by atoms with Crippen LogP contribution in [0.5, 0.6) is 0 Å². The lowest BCUT2D eigenvalue weighted by atomic mass is 10.1. The molecule has 0 aromatic heterocycles. The lowest BCUT2D eigenvalue weighted by Gasteiger charge is -2.11. The monoisotopic (exact) mass is 362 g/mol. The molecule has 4 N–H and O–H groups in total. The molecule has 9 heteroatoms. The first-order valence-corrected chi connectivity index (χ1v) is 7.54. The van der Waals surface area contributed by atoms with Gasteiger partial charge in [0.2, 0.25) is 11.8 Å². The number of nitrogens with two attached hydrogens (primary N) is 1. The highest BCUT2D eigenvalue weighted by Crippen LogP contribution is 2.26. The molecule has 0 heterocycles. The van der Waals surface area contributed by atoms with Crippen LogP contribution in [-0.4, -0.2) is 23.3 Å². The number of hydrogen-bond donors (Lipinski definition) is 3. The van der Waals surface area contributed by atoms with Crippen LogP contribution in [0.25, 0.3) is 0 Å². The number of primary amides is 1. The van der Waals surface area contributed by atoms with Gasteiger partial charge in [0.15, 0.2) is 0 Å². The van der Waals surface area contributed by atoms with Crippen molar-refractivity contribution in [3.05, 3.63) is 62.7 Å². The Bertz CT molecular complexity index is 854. The van der Waals surface area contributed by atoms with Gasteiger partial charge in [0, 0.05) is 22.3 Å². The summed E-state index contributed by atoms with van der Waals surface area (Å²) in [7, 11) is 0. The van der Waals surface area contributed by atoms with Crippen LogP contribution >= 0.6 is 11.6 Å². The number of rotatable bonds is 6. The summed E-state index contributed by atoms with van der Waals surface area (Å²) in [5.41, 5.74) is 6.15. The van der Waals surface area contributed by atoms with Crippen LogP contribution in [-0.2, 0) is 4.79 Å². The molecule has 0 radical (unpaired) electrons. The van der Waals surface area contributed by atoms with E-state index in [1.807, 2.05) is 0 Å². The van der Waals surface area contributed by atoms with Crippen molar-refractivity contribution in [2.75, 3.05) is 17.2 Å². The molecule has 25 heavy (non-hydrogen) atoms. The summed E-state index contributed by atoms with van der Waals surface area (Å²) in [6, 6.07) is 8.83. The summed E-state index contributed by atoms with van der Waals surface area (Å²) in [4.78, 5) is 33.6. The zero-order valence-corrected chi connectivity index (χ0v) is 14.0. The van der Waals surface area contributed by atoms with E-state index in [0.717, 1.165) is 6.07 Å². The highest BCUT2D eigenvalue weighted by molar-refractivity contribution is 6.31. The predicted molar refractivity (Wildman–Crippen MR) is 94.9 cm³/mol. The molecule has 0 saturated heterocycles. The van der Waals surface area contributed by atoms with Crippen molar-refractivity contribution < 1.29 is 14.5 Å². The number of carbonyl (C=O) groups excluding carboxylic acids is 2. The number of nitrogens with one attached hydrogen (secondary N) is 2. The minimum atomic E-state index is -0.774. The molecule has 2 aromatic rings. The third-order valence-electron chi connectivity index (χ3n) is 3.46. The molecule has 8 nitrogen and oxygen atoms in total. The molecule has 0 unspecified atom stereocenters. The van der Waals surface area contributed by atoms with Gasteiger partial charge in [-0.1, -0.05) is 17.7 Å². The van der Waals surface area contributed by atoms with Gasteiger partial charge in [-0.25, -0.2) is 0 Å². The Kier molecular flexibility index (Phi) is 5.56. The number of hydrogen-bond acceptors (Lipinski definition) is 5. The third-order valence-corrected chi connectivity index (χ3v) is 3.87. The summed E-state index contributed by atoms with van der Waals surface area (Å²) in [5, 5.41) is 17.0. The molecule has 2 aromatic carbocycles. The average Bonchev–Trinajstić information content (AvgIpc) is 2.56. The van der Waals surface area contributed by atoms with Crippen molar-refractivity contribution in [2.45, 2.75) is 6.92 Å². The summed E-state index contributed by atoms with van der Waals surface area (Å²) >= 11 is 5.99. The van der Waals surface area contributed by atoms with Gasteiger partial charge in [0.05, 0.1) is 11.5 Å². The van der Waals surface area contributed by atoms with E-state index in [1.165, 1.54) is 12.1 Å². The fourth-order valence-corrected chi connectivity index (χ4v) is 2.27. The Hall–Kier alpha value is -3.13. The van der Waals surface area contributed by atoms with Gasteiger partial charge in [0.25, 0.3) is 5.69 Å². The molecule has 0 saturated carbocycles. The van der Waals surface area contributed by atoms with Crippen LogP contribution in [0, 0.1) is 17.0 Å². The first-order chi connectivity index (χ1) is 11.8. The maximum absolute atomic E-state index is 12.0. The van der Waals surface area contributed by atoms with Crippen LogP contribution in [0.1, 0.15) is 15.9 Å². The van der Waals surface area contributed by atoms with E-state index in [0.29, 0.717) is 16.3 Å². The van der Waals surface area contributed by atoms with Gasteiger partial charge in [-0.15, -0.1) is 0 Å². The maximum atomic E-state index is 12.0. The van der Waals surface area contributed by atoms with Crippen molar-refractivity contribution in [2.24, 2.45) is 5.73 Å². The molecule has 0 spiro atoms. The van der Waals surface area contributed by atoms with Gasteiger partial charge in [-0.3, -0.25) is 19.7 Å². The molecular formula is C16H15ClN4O4. The molecule has 0 aliphatic carbocycles. The van der Waals surface area contributed by atoms with Crippen molar-refractivity contribution in [3.8, 4) is 0 Å². The highest BCUT2D eigenvalue weighted by atomic mass is 35.5. The smallest absolute Gasteiger partial charge is 0.293 e. The molecule has 0 fully saturated rings. The Morgan fingerprint density at radius 2 is 1.96 bits per heavy atom. The minimum Gasteiger partial charge on any atom is -0.371 e. The molecule has 0 atom stereocenters. The van der Waals surface area contributed by atoms with Crippen LogP contribution in [0.2, 0.25) is 5.02 Å². The number of nitrogens with zero attached hydrogens (tertiary/aromatic N) is 1. The SMILES string of the molecule is Cc1c(Cl)cccc1NC(=O)CNc1ccc(C(N)=O)cc1[N+](=O)[O-]. The first kappa shape index (κ1) is 18.2. The Balaban J connectivity index is 2.10. The van der Waals surface area contributed by atoms with E-state index in [-0.39, 0.29) is 23.5 Å². The lowest BCUT2D eigenvalue weighted by molar-refractivity contribution is -0.384. The fourth-order valence-electron chi connectivity index (χ4n) is 2.10. The summed E-state index contributed by atoms with van der Waals surface area (Å²) < 4.78 is 0. The highest BCUT2D eigenvalue weighted by Gasteiger charge is 2.17. The Labute approximate surface area is 148 Å².